The predicted octanol–water partition coefficient (Wildman–Crippen LogP) is 2.18. The lowest BCUT2D eigenvalue weighted by Gasteiger charge is -2.06. The summed E-state index contributed by atoms with van der Waals surface area (Å²) in [5.74, 6) is -3.54. The average Bonchev–Trinajstić information content (AvgIpc) is 2.96. The summed E-state index contributed by atoms with van der Waals surface area (Å²) < 4.78 is 29.4. The van der Waals surface area contributed by atoms with Crippen molar-refractivity contribution in [3.05, 3.63) is 63.8 Å². The van der Waals surface area contributed by atoms with E-state index in [0.29, 0.717) is 6.07 Å². The van der Waals surface area contributed by atoms with E-state index < -0.39 is 34.2 Å². The number of aromatic nitrogens is 1. The van der Waals surface area contributed by atoms with Crippen LogP contribution in [0.25, 0.3) is 22.0 Å². The summed E-state index contributed by atoms with van der Waals surface area (Å²) in [5, 5.41) is 9.72. The molecule has 2 aromatic carbocycles. The van der Waals surface area contributed by atoms with E-state index in [-0.39, 0.29) is 27.8 Å². The molecule has 0 atom stereocenters. The molecule has 0 saturated carbocycles. The number of fused-ring (bicyclic) bond motifs is 1. The van der Waals surface area contributed by atoms with Crippen molar-refractivity contribution in [1.82, 2.24) is 4.57 Å². The van der Waals surface area contributed by atoms with Crippen LogP contribution in [0.4, 0.5) is 13.6 Å². The lowest BCUT2D eigenvalue weighted by Crippen LogP contribution is -2.19. The van der Waals surface area contributed by atoms with Crippen molar-refractivity contribution in [3.63, 3.8) is 0 Å². The van der Waals surface area contributed by atoms with Crippen molar-refractivity contribution < 1.29 is 28.3 Å². The topological polar surface area (TPSA) is 143 Å². The molecule has 0 aliphatic rings. The third-order valence-corrected chi connectivity index (χ3v) is 3.81. The van der Waals surface area contributed by atoms with Crippen molar-refractivity contribution >= 4 is 22.8 Å². The van der Waals surface area contributed by atoms with E-state index in [4.69, 9.17) is 11.5 Å². The predicted molar refractivity (Wildman–Crippen MR) is 88.4 cm³/mol. The van der Waals surface area contributed by atoms with Crippen molar-refractivity contribution in [1.29, 1.82) is 0 Å². The molecule has 138 valence electrons. The molecule has 0 unspecified atom stereocenters. The number of primary amides is 2. The van der Waals surface area contributed by atoms with Crippen molar-refractivity contribution in [3.8, 4) is 16.9 Å². The number of rotatable bonds is 4. The van der Waals surface area contributed by atoms with Crippen LogP contribution in [0, 0.1) is 21.7 Å². The molecule has 0 bridgehead atoms. The Morgan fingerprint density at radius 2 is 1.81 bits per heavy atom. The molecule has 0 aliphatic heterocycles. The van der Waals surface area contributed by atoms with E-state index in [0.717, 1.165) is 16.8 Å². The molecule has 0 aliphatic carbocycles. The molecule has 0 fully saturated rings. The summed E-state index contributed by atoms with van der Waals surface area (Å²) >= 11 is 0. The Morgan fingerprint density at radius 3 is 2.41 bits per heavy atom. The van der Waals surface area contributed by atoms with Gasteiger partial charge in [-0.2, -0.15) is 0 Å². The molecule has 0 saturated heterocycles. The number of hydrogen-bond donors (Lipinski definition) is 2. The molecule has 1 heterocycles. The van der Waals surface area contributed by atoms with Gasteiger partial charge in [0, 0.05) is 22.7 Å². The van der Waals surface area contributed by atoms with Crippen LogP contribution in [0.5, 0.6) is 5.75 Å². The number of nitrogens with zero attached hydrogens (tertiary/aromatic N) is 2. The van der Waals surface area contributed by atoms with Crippen LogP contribution in [0.3, 0.4) is 0 Å². The molecule has 1 aromatic heterocycles. The molecule has 0 spiro atoms. The van der Waals surface area contributed by atoms with Crippen LogP contribution in [0.15, 0.2) is 36.5 Å². The molecule has 4 N–H and O–H groups in total. The summed E-state index contributed by atoms with van der Waals surface area (Å²) in [6.07, 6.45) is 1.08. The normalized spacial score (nSPS) is 10.7. The van der Waals surface area contributed by atoms with Crippen molar-refractivity contribution in [2.75, 3.05) is 0 Å². The third kappa shape index (κ3) is 3.01. The maximum atomic E-state index is 14.5. The van der Waals surface area contributed by atoms with Gasteiger partial charge in [0.2, 0.25) is 0 Å². The van der Waals surface area contributed by atoms with Crippen LogP contribution in [-0.2, 0) is 0 Å². The van der Waals surface area contributed by atoms with Gasteiger partial charge in [-0.25, -0.2) is 13.6 Å². The largest absolute Gasteiger partial charge is 0.366 e. The van der Waals surface area contributed by atoms with Gasteiger partial charge in [0.25, 0.3) is 11.0 Å². The van der Waals surface area contributed by atoms with Gasteiger partial charge in [-0.3, -0.25) is 14.2 Å². The zero-order valence-corrected chi connectivity index (χ0v) is 13.3. The second kappa shape index (κ2) is 6.37. The Balaban J connectivity index is 2.34. The van der Waals surface area contributed by atoms with Gasteiger partial charge in [0.05, 0.1) is 11.1 Å². The smallest absolute Gasteiger partial charge is 0.323 e. The number of carbonyl (C=O) groups is 2. The Labute approximate surface area is 148 Å². The lowest BCUT2D eigenvalue weighted by molar-refractivity contribution is -0.710. The number of nitrogens with two attached hydrogens (primary N) is 2. The number of hydrogen-bond acceptors (Lipinski definition) is 5. The van der Waals surface area contributed by atoms with E-state index in [1.807, 2.05) is 0 Å². The summed E-state index contributed by atoms with van der Waals surface area (Å²) in [5.41, 5.74) is 9.21. The van der Waals surface area contributed by atoms with Gasteiger partial charge in [-0.05, 0) is 18.2 Å². The number of carbonyl (C=O) groups excluding carboxylic acids is 2. The first-order valence-corrected chi connectivity index (χ1v) is 7.26. The summed E-state index contributed by atoms with van der Waals surface area (Å²) in [6, 6.07) is 4.31. The molecule has 2 amide bonds. The molecular weight excluding hydrogens is 366 g/mol. The highest BCUT2D eigenvalue weighted by Gasteiger charge is 2.22. The second-order valence-corrected chi connectivity index (χ2v) is 5.39. The van der Waals surface area contributed by atoms with Crippen LogP contribution >= 0.6 is 0 Å². The van der Waals surface area contributed by atoms with E-state index >= 15 is 0 Å². The second-order valence-electron chi connectivity index (χ2n) is 5.39. The molecule has 9 nitrogen and oxygen atoms in total. The van der Waals surface area contributed by atoms with E-state index in [1.54, 1.807) is 0 Å². The van der Waals surface area contributed by atoms with Gasteiger partial charge in [-0.1, -0.05) is 12.1 Å². The minimum absolute atomic E-state index is 0.00465. The van der Waals surface area contributed by atoms with Crippen molar-refractivity contribution in [2.45, 2.75) is 0 Å². The fraction of sp³-hybridized carbons (Fsp3) is 0. The Hall–Kier alpha value is -4.02. The molecule has 3 rings (SSSR count). The van der Waals surface area contributed by atoms with Crippen LogP contribution in [-0.4, -0.2) is 21.6 Å². The molecule has 0 radical (unpaired) electrons. The van der Waals surface area contributed by atoms with Gasteiger partial charge in [-0.15, -0.1) is 10.1 Å². The molecule has 27 heavy (non-hydrogen) atoms. The summed E-state index contributed by atoms with van der Waals surface area (Å²) in [4.78, 5) is 38.0. The Kier molecular flexibility index (Phi) is 4.20. The van der Waals surface area contributed by atoms with Gasteiger partial charge in [0.1, 0.15) is 17.4 Å². The monoisotopic (exact) mass is 376 g/mol. The minimum Gasteiger partial charge on any atom is -0.366 e. The number of benzene rings is 2. The maximum absolute atomic E-state index is 14.5. The SMILES string of the molecule is NC(=O)c1cc(F)c(-c2cn(C(N)=O)c3c(O[N+](=O)[O-])cccc23)cc1F. The Morgan fingerprint density at radius 1 is 1.11 bits per heavy atom. The quantitative estimate of drug-likeness (QED) is 0.530. The number of para-hydroxylation sites is 1. The fourth-order valence-corrected chi connectivity index (χ4v) is 2.74. The summed E-state index contributed by atoms with van der Waals surface area (Å²) in [6.45, 7) is 0. The van der Waals surface area contributed by atoms with Gasteiger partial charge >= 0.3 is 6.03 Å². The zero-order valence-electron chi connectivity index (χ0n) is 13.3. The zero-order chi connectivity index (χ0) is 19.9. The molecule has 3 aromatic rings. The first kappa shape index (κ1) is 17.8. The van der Waals surface area contributed by atoms with Crippen LogP contribution in [0.2, 0.25) is 0 Å². The highest BCUT2D eigenvalue weighted by atomic mass is 19.1. The number of amides is 2. The van der Waals surface area contributed by atoms with Gasteiger partial charge in [0.15, 0.2) is 0 Å². The minimum atomic E-state index is -1.15. The fourth-order valence-electron chi connectivity index (χ4n) is 2.74. The van der Waals surface area contributed by atoms with Gasteiger partial charge < -0.3 is 11.5 Å². The average molecular weight is 376 g/mol. The van der Waals surface area contributed by atoms with E-state index in [9.17, 15) is 28.5 Å². The first-order chi connectivity index (χ1) is 12.7. The maximum Gasteiger partial charge on any atom is 0.323 e. The highest BCUT2D eigenvalue weighted by molar-refractivity contribution is 6.04. The van der Waals surface area contributed by atoms with Crippen LogP contribution < -0.4 is 16.3 Å². The van der Waals surface area contributed by atoms with Crippen LogP contribution in [0.1, 0.15) is 10.4 Å². The van der Waals surface area contributed by atoms with Crippen molar-refractivity contribution in [2.24, 2.45) is 11.5 Å². The standard InChI is InChI=1S/C16H10F2N4O5/c17-11-5-9(15(19)23)12(18)4-8(11)10-6-21(16(20)24)14-7(10)2-1-3-13(14)27-22(25)26/h1-6H,(H2,19,23)(H2,20,24). The Bertz CT molecular complexity index is 1130. The third-order valence-electron chi connectivity index (χ3n) is 3.81. The molecular formula is C16H10F2N4O5. The molecule has 11 heteroatoms. The van der Waals surface area contributed by atoms with E-state index in [1.165, 1.54) is 18.2 Å². The number of halogens is 2. The highest BCUT2D eigenvalue weighted by Crippen LogP contribution is 2.37. The van der Waals surface area contributed by atoms with E-state index in [2.05, 4.69) is 4.84 Å². The first-order valence-electron chi connectivity index (χ1n) is 7.26. The summed E-state index contributed by atoms with van der Waals surface area (Å²) in [7, 11) is 0. The lowest BCUT2D eigenvalue weighted by atomic mass is 10.0.